The number of hydrogen-bond donors (Lipinski definition) is 4. The lowest BCUT2D eigenvalue weighted by Gasteiger charge is -2.24. The average molecular weight is 361 g/mol. The molecule has 0 aliphatic heterocycles. The van der Waals surface area contributed by atoms with Gasteiger partial charge in [-0.15, -0.1) is 0 Å². The van der Waals surface area contributed by atoms with Crippen molar-refractivity contribution >= 4 is 28.7 Å². The van der Waals surface area contributed by atoms with Crippen LogP contribution in [0, 0.1) is 17.0 Å². The van der Waals surface area contributed by atoms with E-state index in [2.05, 4.69) is 10.6 Å². The highest BCUT2D eigenvalue weighted by molar-refractivity contribution is 7.80. The first kappa shape index (κ1) is 18.8. The summed E-state index contributed by atoms with van der Waals surface area (Å²) in [4.78, 5) is 10.2. The summed E-state index contributed by atoms with van der Waals surface area (Å²) in [6.45, 7) is 1.61. The third-order valence-electron chi connectivity index (χ3n) is 3.65. The number of rotatable bonds is 6. The van der Waals surface area contributed by atoms with Gasteiger partial charge in [-0.05, 0) is 49.0 Å². The molecule has 8 heteroatoms. The van der Waals surface area contributed by atoms with E-state index in [1.54, 1.807) is 0 Å². The Labute approximate surface area is 150 Å². The molecule has 132 valence electrons. The van der Waals surface area contributed by atoms with Gasteiger partial charge in [-0.1, -0.05) is 17.7 Å². The molecule has 0 unspecified atom stereocenters. The predicted octanol–water partition coefficient (Wildman–Crippen LogP) is 2.28. The molecule has 0 amide bonds. The highest BCUT2D eigenvalue weighted by atomic mass is 32.1. The molecule has 0 aromatic heterocycles. The third-order valence-corrected chi connectivity index (χ3v) is 3.87. The summed E-state index contributed by atoms with van der Waals surface area (Å²) in [6.07, 6.45) is -1.08. The zero-order chi connectivity index (χ0) is 18.4. The second-order valence-corrected chi connectivity index (χ2v) is 5.96. The van der Waals surface area contributed by atoms with Crippen LogP contribution >= 0.6 is 12.2 Å². The lowest BCUT2D eigenvalue weighted by Crippen LogP contribution is -2.43. The van der Waals surface area contributed by atoms with Gasteiger partial charge in [-0.2, -0.15) is 0 Å². The molecule has 0 heterocycles. The molecule has 0 radical (unpaired) electrons. The normalized spacial score (nSPS) is 12.9. The van der Waals surface area contributed by atoms with E-state index in [0.717, 1.165) is 11.3 Å². The first-order chi connectivity index (χ1) is 11.9. The SMILES string of the molecule is Cc1ccc(NC(=S)N[C@@H](CO)[C@H](O)c2ccc([N+](=O)[O-])cc2)cc1. The minimum Gasteiger partial charge on any atom is -0.394 e. The Hall–Kier alpha value is -2.55. The molecule has 0 spiro atoms. The van der Waals surface area contributed by atoms with E-state index in [1.165, 1.54) is 24.3 Å². The fourth-order valence-corrected chi connectivity index (χ4v) is 2.49. The van der Waals surface area contributed by atoms with Gasteiger partial charge in [0.25, 0.3) is 5.69 Å². The van der Waals surface area contributed by atoms with Gasteiger partial charge in [0.1, 0.15) is 6.10 Å². The highest BCUT2D eigenvalue weighted by Crippen LogP contribution is 2.20. The second-order valence-electron chi connectivity index (χ2n) is 5.55. The Kier molecular flexibility index (Phi) is 6.40. The van der Waals surface area contributed by atoms with Gasteiger partial charge in [0.2, 0.25) is 0 Å². The summed E-state index contributed by atoms with van der Waals surface area (Å²) in [6, 6.07) is 12.3. The van der Waals surface area contributed by atoms with Crippen molar-refractivity contribution < 1.29 is 15.1 Å². The molecule has 0 bridgehead atoms. The average Bonchev–Trinajstić information content (AvgIpc) is 2.61. The summed E-state index contributed by atoms with van der Waals surface area (Å²) in [7, 11) is 0. The number of nitrogens with zero attached hydrogens (tertiary/aromatic N) is 1. The van der Waals surface area contributed by atoms with Gasteiger partial charge in [0, 0.05) is 17.8 Å². The van der Waals surface area contributed by atoms with E-state index in [9.17, 15) is 20.3 Å². The van der Waals surface area contributed by atoms with Crippen molar-refractivity contribution in [3.8, 4) is 0 Å². The van der Waals surface area contributed by atoms with Crippen LogP contribution in [0.15, 0.2) is 48.5 Å². The van der Waals surface area contributed by atoms with Crippen LogP contribution in [0.1, 0.15) is 17.2 Å². The summed E-state index contributed by atoms with van der Waals surface area (Å²) in [5, 5.41) is 36.7. The van der Waals surface area contributed by atoms with Crippen LogP contribution in [-0.2, 0) is 0 Å². The zero-order valence-electron chi connectivity index (χ0n) is 13.5. The Balaban J connectivity index is 2.01. The van der Waals surface area contributed by atoms with Crippen LogP contribution in [0.5, 0.6) is 0 Å². The number of anilines is 1. The summed E-state index contributed by atoms with van der Waals surface area (Å²) < 4.78 is 0. The minimum atomic E-state index is -1.08. The number of nitrogens with one attached hydrogen (secondary N) is 2. The van der Waals surface area contributed by atoms with Crippen molar-refractivity contribution in [2.45, 2.75) is 19.1 Å². The van der Waals surface area contributed by atoms with E-state index < -0.39 is 17.1 Å². The lowest BCUT2D eigenvalue weighted by atomic mass is 10.0. The maximum absolute atomic E-state index is 10.7. The van der Waals surface area contributed by atoms with Crippen LogP contribution in [0.4, 0.5) is 11.4 Å². The summed E-state index contributed by atoms with van der Waals surface area (Å²) in [5.41, 5.74) is 2.27. The van der Waals surface area contributed by atoms with Gasteiger partial charge in [0.05, 0.1) is 17.6 Å². The van der Waals surface area contributed by atoms with Gasteiger partial charge >= 0.3 is 0 Å². The van der Waals surface area contributed by atoms with Crippen LogP contribution in [0.25, 0.3) is 0 Å². The van der Waals surface area contributed by atoms with Crippen LogP contribution in [0.3, 0.4) is 0 Å². The molecule has 2 aromatic rings. The van der Waals surface area contributed by atoms with Crippen molar-refractivity contribution in [1.29, 1.82) is 0 Å². The van der Waals surface area contributed by atoms with Crippen LogP contribution < -0.4 is 10.6 Å². The van der Waals surface area contributed by atoms with Crippen LogP contribution in [0.2, 0.25) is 0 Å². The molecule has 4 N–H and O–H groups in total. The second kappa shape index (κ2) is 8.52. The lowest BCUT2D eigenvalue weighted by molar-refractivity contribution is -0.384. The van der Waals surface area contributed by atoms with E-state index in [-0.39, 0.29) is 17.4 Å². The molecule has 2 aromatic carbocycles. The number of nitro groups is 1. The molecule has 0 aliphatic rings. The molecule has 0 aliphatic carbocycles. The molecule has 2 rings (SSSR count). The molecular formula is C17H19N3O4S. The standard InChI is InChI=1S/C17H19N3O4S/c1-11-2-6-13(7-3-11)18-17(25)19-15(10-21)16(22)12-4-8-14(9-5-12)20(23)24/h2-9,15-16,21-22H,10H2,1H3,(H2,18,19,25)/t15-,16+/m0/s1. The molecule has 0 saturated heterocycles. The van der Waals surface area contributed by atoms with Crippen molar-refractivity contribution in [2.24, 2.45) is 0 Å². The van der Waals surface area contributed by atoms with Gasteiger partial charge in [-0.3, -0.25) is 10.1 Å². The first-order valence-corrected chi connectivity index (χ1v) is 7.99. The Morgan fingerprint density at radius 1 is 1.20 bits per heavy atom. The number of aryl methyl sites for hydroxylation is 1. The number of thiocarbonyl (C=S) groups is 1. The van der Waals surface area contributed by atoms with Crippen molar-refractivity contribution in [3.63, 3.8) is 0 Å². The molecule has 0 saturated carbocycles. The molecule has 25 heavy (non-hydrogen) atoms. The topological polar surface area (TPSA) is 108 Å². The molecule has 2 atom stereocenters. The number of hydrogen-bond acceptors (Lipinski definition) is 5. The van der Waals surface area contributed by atoms with E-state index in [4.69, 9.17) is 12.2 Å². The predicted molar refractivity (Wildman–Crippen MR) is 99.5 cm³/mol. The van der Waals surface area contributed by atoms with E-state index >= 15 is 0 Å². The number of nitro benzene ring substituents is 1. The smallest absolute Gasteiger partial charge is 0.269 e. The maximum atomic E-state index is 10.7. The fraction of sp³-hybridized carbons (Fsp3) is 0.235. The molecular weight excluding hydrogens is 342 g/mol. The minimum absolute atomic E-state index is 0.0685. The maximum Gasteiger partial charge on any atom is 0.269 e. The number of aliphatic hydroxyl groups excluding tert-OH is 2. The summed E-state index contributed by atoms with van der Waals surface area (Å²) >= 11 is 5.20. The number of non-ortho nitro benzene ring substituents is 1. The number of benzene rings is 2. The Morgan fingerprint density at radius 3 is 2.32 bits per heavy atom. The summed E-state index contributed by atoms with van der Waals surface area (Å²) in [5.74, 6) is 0. The number of aliphatic hydroxyl groups is 2. The molecule has 0 fully saturated rings. The quantitative estimate of drug-likeness (QED) is 0.355. The van der Waals surface area contributed by atoms with Crippen molar-refractivity contribution in [3.05, 3.63) is 69.8 Å². The fourth-order valence-electron chi connectivity index (χ4n) is 2.22. The van der Waals surface area contributed by atoms with Gasteiger partial charge in [-0.25, -0.2) is 0 Å². The van der Waals surface area contributed by atoms with Gasteiger partial charge in [0.15, 0.2) is 5.11 Å². The zero-order valence-corrected chi connectivity index (χ0v) is 14.4. The monoisotopic (exact) mass is 361 g/mol. The third kappa shape index (κ3) is 5.21. The largest absolute Gasteiger partial charge is 0.394 e. The van der Waals surface area contributed by atoms with Crippen molar-refractivity contribution in [2.75, 3.05) is 11.9 Å². The molecule has 7 nitrogen and oxygen atoms in total. The van der Waals surface area contributed by atoms with Gasteiger partial charge < -0.3 is 20.8 Å². The van der Waals surface area contributed by atoms with E-state index in [0.29, 0.717) is 5.56 Å². The van der Waals surface area contributed by atoms with Crippen LogP contribution in [-0.4, -0.2) is 32.9 Å². The Bertz CT molecular complexity index is 735. The van der Waals surface area contributed by atoms with E-state index in [1.807, 2.05) is 31.2 Å². The van der Waals surface area contributed by atoms with Crippen molar-refractivity contribution in [1.82, 2.24) is 5.32 Å². The first-order valence-electron chi connectivity index (χ1n) is 7.58. The Morgan fingerprint density at radius 2 is 1.80 bits per heavy atom. The highest BCUT2D eigenvalue weighted by Gasteiger charge is 2.21.